The molecule has 2 aromatic heterocycles. The highest BCUT2D eigenvalue weighted by Gasteiger charge is 2.30. The van der Waals surface area contributed by atoms with E-state index < -0.39 is 5.97 Å². The Kier molecular flexibility index (Phi) is 5.90. The molecule has 2 aromatic rings. The number of nitrogens with zero attached hydrogens (tertiary/aromatic N) is 3. The zero-order valence-electron chi connectivity index (χ0n) is 17.5. The Labute approximate surface area is 178 Å². The highest BCUT2D eigenvalue weighted by atomic mass is 32.1. The van der Waals surface area contributed by atoms with E-state index in [2.05, 4.69) is 25.1 Å². The van der Waals surface area contributed by atoms with E-state index in [1.165, 1.54) is 18.4 Å². The van der Waals surface area contributed by atoms with Crippen LogP contribution in [0, 0.1) is 6.92 Å². The van der Waals surface area contributed by atoms with Gasteiger partial charge < -0.3 is 15.0 Å². The summed E-state index contributed by atoms with van der Waals surface area (Å²) in [4.78, 5) is 49.6. The number of carbonyl (C=O) groups is 2. The zero-order valence-corrected chi connectivity index (χ0v) is 18.3. The van der Waals surface area contributed by atoms with Crippen LogP contribution >= 0.6 is 11.3 Å². The highest BCUT2D eigenvalue weighted by molar-refractivity contribution is 7.20. The summed E-state index contributed by atoms with van der Waals surface area (Å²) in [5, 5.41) is 3.52. The minimum Gasteiger partial charge on any atom is -0.465 e. The number of H-pyrrole nitrogens is 1. The smallest absolute Gasteiger partial charge is 0.348 e. The summed E-state index contributed by atoms with van der Waals surface area (Å²) in [5.74, 6) is 0.238. The van der Waals surface area contributed by atoms with Crippen molar-refractivity contribution in [1.29, 1.82) is 0 Å². The quantitative estimate of drug-likeness (QED) is 0.651. The number of hydrogen-bond donors (Lipinski definition) is 2. The number of thiophene rings is 1. The number of aryl methyl sites for hydroxylation is 1. The van der Waals surface area contributed by atoms with Crippen molar-refractivity contribution in [2.45, 2.75) is 45.3 Å². The van der Waals surface area contributed by atoms with Crippen LogP contribution in [0.4, 0.5) is 0 Å². The minimum atomic E-state index is -0.451. The highest BCUT2D eigenvalue weighted by Crippen LogP contribution is 2.27. The Morgan fingerprint density at radius 2 is 2.00 bits per heavy atom. The van der Waals surface area contributed by atoms with Crippen LogP contribution in [0.5, 0.6) is 0 Å². The van der Waals surface area contributed by atoms with E-state index in [0.29, 0.717) is 39.1 Å². The monoisotopic (exact) mass is 433 g/mol. The van der Waals surface area contributed by atoms with E-state index in [-0.39, 0.29) is 17.5 Å². The van der Waals surface area contributed by atoms with Crippen molar-refractivity contribution in [3.63, 3.8) is 0 Å². The van der Waals surface area contributed by atoms with Gasteiger partial charge in [0.15, 0.2) is 0 Å². The molecule has 1 unspecified atom stereocenters. The molecule has 4 rings (SSSR count). The summed E-state index contributed by atoms with van der Waals surface area (Å²) < 4.78 is 4.80. The number of fused-ring (bicyclic) bond motifs is 1. The summed E-state index contributed by atoms with van der Waals surface area (Å²) >= 11 is 1.19. The molecule has 2 N–H and O–H groups in total. The molecule has 10 heteroatoms. The summed E-state index contributed by atoms with van der Waals surface area (Å²) in [6, 6.07) is 0.243. The molecule has 1 amide bonds. The maximum Gasteiger partial charge on any atom is 0.348 e. The van der Waals surface area contributed by atoms with Crippen molar-refractivity contribution in [2.24, 2.45) is 0 Å². The van der Waals surface area contributed by atoms with Crippen LogP contribution < -0.4 is 10.9 Å². The summed E-state index contributed by atoms with van der Waals surface area (Å²) in [6.07, 6.45) is 2.18. The Bertz CT molecular complexity index is 1020. The average molecular weight is 434 g/mol. The molecule has 1 aliphatic heterocycles. The van der Waals surface area contributed by atoms with Crippen LogP contribution in [0.3, 0.4) is 0 Å². The van der Waals surface area contributed by atoms with Gasteiger partial charge in [-0.1, -0.05) is 0 Å². The summed E-state index contributed by atoms with van der Waals surface area (Å²) in [5.41, 5.74) is 0.372. The number of rotatable bonds is 6. The predicted molar refractivity (Wildman–Crippen MR) is 114 cm³/mol. The Morgan fingerprint density at radius 3 is 2.63 bits per heavy atom. The Hall–Kier alpha value is -2.30. The SMILES string of the molecule is COC(=O)c1sc2nc(CN3CCN(C(C)C(=O)NC4CC4)CC3)[nH]c(=O)c2c1C. The first-order valence-electron chi connectivity index (χ1n) is 10.2. The molecule has 0 radical (unpaired) electrons. The van der Waals surface area contributed by atoms with Gasteiger partial charge in [0, 0.05) is 32.2 Å². The van der Waals surface area contributed by atoms with E-state index in [1.807, 2.05) is 6.92 Å². The van der Waals surface area contributed by atoms with Crippen LogP contribution in [-0.4, -0.2) is 77.0 Å². The van der Waals surface area contributed by atoms with Gasteiger partial charge in [0.2, 0.25) is 5.91 Å². The van der Waals surface area contributed by atoms with Gasteiger partial charge in [-0.3, -0.25) is 19.4 Å². The van der Waals surface area contributed by atoms with Gasteiger partial charge in [-0.25, -0.2) is 9.78 Å². The maximum absolute atomic E-state index is 12.6. The fourth-order valence-electron chi connectivity index (χ4n) is 3.79. The Balaban J connectivity index is 1.40. The number of amides is 1. The molecule has 162 valence electrons. The number of methoxy groups -OCH3 is 1. The molecule has 3 heterocycles. The molecule has 1 aliphatic carbocycles. The van der Waals surface area contributed by atoms with Crippen molar-refractivity contribution in [3.05, 3.63) is 26.6 Å². The molecule has 0 spiro atoms. The van der Waals surface area contributed by atoms with E-state index in [4.69, 9.17) is 4.74 Å². The van der Waals surface area contributed by atoms with Crippen LogP contribution in [-0.2, 0) is 16.1 Å². The first kappa shape index (κ1) is 21.0. The summed E-state index contributed by atoms with van der Waals surface area (Å²) in [6.45, 7) is 7.37. The number of nitrogens with one attached hydrogen (secondary N) is 2. The number of aromatic nitrogens is 2. The molecule has 1 saturated heterocycles. The lowest BCUT2D eigenvalue weighted by atomic mass is 10.2. The standard InChI is InChI=1S/C20H27N5O4S/c1-11-15-18(27)22-14(23-19(15)30-16(11)20(28)29-3)10-24-6-8-25(9-7-24)12(2)17(26)21-13-4-5-13/h12-13H,4-10H2,1-3H3,(H,21,26)(H,22,23,27). The van der Waals surface area contributed by atoms with Gasteiger partial charge in [-0.05, 0) is 32.3 Å². The lowest BCUT2D eigenvalue weighted by Crippen LogP contribution is -2.54. The first-order chi connectivity index (χ1) is 14.4. The Morgan fingerprint density at radius 1 is 1.30 bits per heavy atom. The molecule has 2 aliphatic rings. The molecule has 9 nitrogen and oxygen atoms in total. The maximum atomic E-state index is 12.6. The molecule has 2 fully saturated rings. The largest absolute Gasteiger partial charge is 0.465 e. The van der Waals surface area contributed by atoms with Crippen molar-refractivity contribution in [1.82, 2.24) is 25.1 Å². The van der Waals surface area contributed by atoms with Gasteiger partial charge in [-0.15, -0.1) is 11.3 Å². The van der Waals surface area contributed by atoms with Crippen molar-refractivity contribution in [3.8, 4) is 0 Å². The lowest BCUT2D eigenvalue weighted by Gasteiger charge is -2.37. The predicted octanol–water partition coefficient (Wildman–Crippen LogP) is 0.864. The van der Waals surface area contributed by atoms with Gasteiger partial charge in [-0.2, -0.15) is 0 Å². The topological polar surface area (TPSA) is 108 Å². The van der Waals surface area contributed by atoms with Gasteiger partial charge >= 0.3 is 5.97 Å². The van der Waals surface area contributed by atoms with E-state index in [1.54, 1.807) is 6.92 Å². The fraction of sp³-hybridized carbons (Fsp3) is 0.600. The number of esters is 1. The third-order valence-corrected chi connectivity index (χ3v) is 7.02. The van der Waals surface area contributed by atoms with Gasteiger partial charge in [0.05, 0.1) is 25.1 Å². The number of aromatic amines is 1. The summed E-state index contributed by atoms with van der Waals surface area (Å²) in [7, 11) is 1.32. The van der Waals surface area contributed by atoms with Crippen LogP contribution in [0.25, 0.3) is 10.2 Å². The number of piperazine rings is 1. The minimum absolute atomic E-state index is 0.108. The van der Waals surface area contributed by atoms with Crippen LogP contribution in [0.2, 0.25) is 0 Å². The molecular weight excluding hydrogens is 406 g/mol. The zero-order chi connectivity index (χ0) is 21.4. The van der Waals surface area contributed by atoms with Gasteiger partial charge in [0.25, 0.3) is 5.56 Å². The van der Waals surface area contributed by atoms with Crippen LogP contribution in [0.1, 0.15) is 40.8 Å². The van der Waals surface area contributed by atoms with Crippen molar-refractivity contribution >= 4 is 33.4 Å². The second-order valence-corrected chi connectivity index (χ2v) is 9.01. The number of hydrogen-bond acceptors (Lipinski definition) is 8. The molecular formula is C20H27N5O4S. The van der Waals surface area contributed by atoms with E-state index in [9.17, 15) is 14.4 Å². The molecule has 0 aromatic carbocycles. The fourth-order valence-corrected chi connectivity index (χ4v) is 4.91. The van der Waals surface area contributed by atoms with Crippen LogP contribution in [0.15, 0.2) is 4.79 Å². The first-order valence-corrected chi connectivity index (χ1v) is 11.1. The van der Waals surface area contributed by atoms with Gasteiger partial charge in [0.1, 0.15) is 15.5 Å². The molecule has 0 bridgehead atoms. The second kappa shape index (κ2) is 8.44. The number of ether oxygens (including phenoxy) is 1. The molecule has 30 heavy (non-hydrogen) atoms. The lowest BCUT2D eigenvalue weighted by molar-refractivity contribution is -0.126. The third-order valence-electron chi connectivity index (χ3n) is 5.85. The molecule has 1 saturated carbocycles. The van der Waals surface area contributed by atoms with E-state index >= 15 is 0 Å². The van der Waals surface area contributed by atoms with Crippen molar-refractivity contribution in [2.75, 3.05) is 33.3 Å². The second-order valence-electron chi connectivity index (χ2n) is 8.01. The van der Waals surface area contributed by atoms with E-state index in [0.717, 1.165) is 39.0 Å². The molecule has 1 atom stereocenters. The van der Waals surface area contributed by atoms with Crippen molar-refractivity contribution < 1.29 is 14.3 Å². The average Bonchev–Trinajstić information content (AvgIpc) is 3.48. The number of carbonyl (C=O) groups excluding carboxylic acids is 2. The third kappa shape index (κ3) is 4.26. The normalized spacial score (nSPS) is 19.0.